The summed E-state index contributed by atoms with van der Waals surface area (Å²) in [5.41, 5.74) is 0.0249. The van der Waals surface area contributed by atoms with Crippen LogP contribution in [-0.4, -0.2) is 17.3 Å². The lowest BCUT2D eigenvalue weighted by Gasteiger charge is -2.02. The third kappa shape index (κ3) is 8.25. The number of nitrogens with one attached hydrogen (secondary N) is 1. The van der Waals surface area contributed by atoms with Gasteiger partial charge in [0.2, 0.25) is 5.78 Å². The van der Waals surface area contributed by atoms with Crippen molar-refractivity contribution in [1.82, 2.24) is 0 Å². The van der Waals surface area contributed by atoms with Gasteiger partial charge in [-0.3, -0.25) is 15.0 Å². The summed E-state index contributed by atoms with van der Waals surface area (Å²) in [7, 11) is 0. The van der Waals surface area contributed by atoms with Crippen LogP contribution in [0.1, 0.15) is 40.0 Å². The van der Waals surface area contributed by atoms with Crippen LogP contribution in [0, 0.1) is 5.41 Å². The summed E-state index contributed by atoms with van der Waals surface area (Å²) in [6, 6.07) is 0. The number of carbonyl (C=O) groups excluding carboxylic acids is 2. The summed E-state index contributed by atoms with van der Waals surface area (Å²) >= 11 is 1.58. The minimum Gasteiger partial charge on any atom is -0.294 e. The number of hydrogen-bond acceptors (Lipinski definition) is 4. The Balaban J connectivity index is 4.70. The molecule has 0 aromatic rings. The SMILES string of the molecule is C=CCC/C=C/S/C(C)=C/C=C(\CC)C(=O)C(=N)C(C)=O. The molecule has 114 valence electrons. The first-order valence-electron chi connectivity index (χ1n) is 6.88. The van der Waals surface area contributed by atoms with Gasteiger partial charge in [-0.25, -0.2) is 0 Å². The molecule has 4 heteroatoms. The molecule has 0 spiro atoms. The minimum absolute atomic E-state index is 0.453. The summed E-state index contributed by atoms with van der Waals surface area (Å²) in [4.78, 5) is 24.0. The van der Waals surface area contributed by atoms with E-state index in [4.69, 9.17) is 5.41 Å². The Labute approximate surface area is 131 Å². The molecule has 0 aromatic carbocycles. The number of carbonyl (C=O) groups is 2. The lowest BCUT2D eigenvalue weighted by atomic mass is 10.0. The first kappa shape index (κ1) is 19.3. The first-order valence-corrected chi connectivity index (χ1v) is 7.76. The molecule has 0 aromatic heterocycles. The zero-order valence-corrected chi connectivity index (χ0v) is 13.8. The molecular weight excluding hydrogens is 282 g/mol. The lowest BCUT2D eigenvalue weighted by molar-refractivity contribution is -0.114. The summed E-state index contributed by atoms with van der Waals surface area (Å²) in [5, 5.41) is 9.47. The molecule has 3 nitrogen and oxygen atoms in total. The van der Waals surface area contributed by atoms with Crippen molar-refractivity contribution in [3.8, 4) is 0 Å². The fourth-order valence-corrected chi connectivity index (χ4v) is 1.96. The number of unbranched alkanes of at least 4 members (excludes halogenated alkanes) is 1. The van der Waals surface area contributed by atoms with Gasteiger partial charge < -0.3 is 0 Å². The van der Waals surface area contributed by atoms with E-state index >= 15 is 0 Å². The van der Waals surface area contributed by atoms with Crippen molar-refractivity contribution in [1.29, 1.82) is 5.41 Å². The van der Waals surface area contributed by atoms with Crippen molar-refractivity contribution in [2.24, 2.45) is 0 Å². The van der Waals surface area contributed by atoms with E-state index in [0.717, 1.165) is 17.7 Å². The second-order valence-corrected chi connectivity index (χ2v) is 5.59. The average molecular weight is 305 g/mol. The van der Waals surface area contributed by atoms with Gasteiger partial charge in [0, 0.05) is 12.5 Å². The van der Waals surface area contributed by atoms with Gasteiger partial charge in [-0.1, -0.05) is 31.2 Å². The van der Waals surface area contributed by atoms with Gasteiger partial charge in [-0.2, -0.15) is 0 Å². The molecule has 0 aliphatic rings. The van der Waals surface area contributed by atoms with Crippen molar-refractivity contribution in [3.05, 3.63) is 46.8 Å². The smallest absolute Gasteiger partial charge is 0.210 e. The second-order valence-electron chi connectivity index (χ2n) is 4.44. The number of hydrogen-bond donors (Lipinski definition) is 1. The van der Waals surface area contributed by atoms with Crippen LogP contribution in [0.25, 0.3) is 0 Å². The third-order valence-corrected chi connectivity index (χ3v) is 3.49. The Morgan fingerprint density at radius 3 is 2.38 bits per heavy atom. The standard InChI is InChI=1S/C17H23NO2S/c1-5-7-8-9-12-21-13(3)10-11-15(6-2)17(20)16(18)14(4)19/h5,9-12,18H,1,6-8H2,2-4H3/b12-9+,13-10+,15-11+,18-16?. The van der Waals surface area contributed by atoms with Crippen molar-refractivity contribution in [3.63, 3.8) is 0 Å². The predicted octanol–water partition coefficient (Wildman–Crippen LogP) is 4.62. The number of Topliss-reactive ketones (excluding diaryl/α,β-unsaturated/α-hetero) is 2. The van der Waals surface area contributed by atoms with Crippen LogP contribution in [0.2, 0.25) is 0 Å². The quantitative estimate of drug-likeness (QED) is 0.160. The molecule has 0 amide bonds. The van der Waals surface area contributed by atoms with E-state index in [9.17, 15) is 9.59 Å². The van der Waals surface area contributed by atoms with Gasteiger partial charge in [-0.05, 0) is 36.5 Å². The number of rotatable bonds is 10. The van der Waals surface area contributed by atoms with Crippen molar-refractivity contribution < 1.29 is 9.59 Å². The highest BCUT2D eigenvalue weighted by molar-refractivity contribution is 8.05. The van der Waals surface area contributed by atoms with Crippen molar-refractivity contribution >= 4 is 29.0 Å². The Morgan fingerprint density at radius 1 is 1.19 bits per heavy atom. The van der Waals surface area contributed by atoms with Gasteiger partial charge in [0.15, 0.2) is 5.78 Å². The van der Waals surface area contributed by atoms with E-state index in [1.165, 1.54) is 6.92 Å². The van der Waals surface area contributed by atoms with Crippen LogP contribution >= 0.6 is 11.8 Å². The van der Waals surface area contributed by atoms with Gasteiger partial charge in [0.25, 0.3) is 0 Å². The second kappa shape index (κ2) is 11.0. The van der Waals surface area contributed by atoms with Crippen molar-refractivity contribution in [2.75, 3.05) is 0 Å². The highest BCUT2D eigenvalue weighted by Crippen LogP contribution is 2.17. The Kier molecular flexibility index (Phi) is 10.1. The van der Waals surface area contributed by atoms with E-state index in [-0.39, 0.29) is 0 Å². The predicted molar refractivity (Wildman–Crippen MR) is 91.7 cm³/mol. The molecule has 0 rings (SSSR count). The van der Waals surface area contributed by atoms with Crippen molar-refractivity contribution in [2.45, 2.75) is 40.0 Å². The summed E-state index contributed by atoms with van der Waals surface area (Å²) in [5.74, 6) is -0.986. The van der Waals surface area contributed by atoms with E-state index in [0.29, 0.717) is 12.0 Å². The van der Waals surface area contributed by atoms with Crippen LogP contribution in [0.5, 0.6) is 0 Å². The molecule has 21 heavy (non-hydrogen) atoms. The molecular formula is C17H23NO2S. The molecule has 0 atom stereocenters. The van der Waals surface area contributed by atoms with E-state index in [1.807, 2.05) is 31.4 Å². The van der Waals surface area contributed by atoms with Crippen LogP contribution in [0.3, 0.4) is 0 Å². The molecule has 0 aliphatic heterocycles. The Morgan fingerprint density at radius 2 is 1.86 bits per heavy atom. The normalized spacial score (nSPS) is 12.5. The highest BCUT2D eigenvalue weighted by Gasteiger charge is 2.16. The van der Waals surface area contributed by atoms with Crippen LogP contribution in [-0.2, 0) is 9.59 Å². The molecule has 0 saturated heterocycles. The molecule has 0 saturated carbocycles. The van der Waals surface area contributed by atoms with Gasteiger partial charge >= 0.3 is 0 Å². The largest absolute Gasteiger partial charge is 0.294 e. The lowest BCUT2D eigenvalue weighted by Crippen LogP contribution is -2.22. The van der Waals surface area contributed by atoms with E-state index in [2.05, 4.69) is 12.7 Å². The average Bonchev–Trinajstić information content (AvgIpc) is 2.46. The highest BCUT2D eigenvalue weighted by atomic mass is 32.2. The molecule has 0 fully saturated rings. The maximum Gasteiger partial charge on any atom is 0.210 e. The van der Waals surface area contributed by atoms with E-state index < -0.39 is 17.3 Å². The molecule has 0 unspecified atom stereocenters. The number of ketones is 2. The molecule has 0 radical (unpaired) electrons. The number of allylic oxidation sites excluding steroid dienone is 6. The molecule has 0 heterocycles. The van der Waals surface area contributed by atoms with Gasteiger partial charge in [0.05, 0.1) is 0 Å². The summed E-state index contributed by atoms with van der Waals surface area (Å²) in [6.45, 7) is 8.68. The summed E-state index contributed by atoms with van der Waals surface area (Å²) < 4.78 is 0. The van der Waals surface area contributed by atoms with E-state index in [1.54, 1.807) is 17.8 Å². The summed E-state index contributed by atoms with van der Waals surface area (Å²) in [6.07, 6.45) is 9.91. The maximum absolute atomic E-state index is 11.9. The minimum atomic E-state index is -0.500. The maximum atomic E-state index is 11.9. The zero-order valence-electron chi connectivity index (χ0n) is 12.9. The molecule has 1 N–H and O–H groups in total. The van der Waals surface area contributed by atoms with Gasteiger partial charge in [-0.15, -0.1) is 18.3 Å². The van der Waals surface area contributed by atoms with Crippen LogP contribution in [0.4, 0.5) is 0 Å². The zero-order chi connectivity index (χ0) is 16.3. The van der Waals surface area contributed by atoms with Gasteiger partial charge in [0.1, 0.15) is 5.71 Å². The monoisotopic (exact) mass is 305 g/mol. The fraction of sp³-hybridized carbons (Fsp3) is 0.353. The van der Waals surface area contributed by atoms with Crippen LogP contribution in [0.15, 0.2) is 46.8 Å². The third-order valence-electron chi connectivity index (χ3n) is 2.66. The molecule has 0 bridgehead atoms. The molecule has 0 aliphatic carbocycles. The Bertz CT molecular complexity index is 499. The Hall–Kier alpha value is -1.68. The van der Waals surface area contributed by atoms with Crippen LogP contribution < -0.4 is 0 Å². The number of thioether (sulfide) groups is 1. The first-order chi connectivity index (χ1) is 9.93. The topological polar surface area (TPSA) is 58.0 Å². The fourth-order valence-electron chi connectivity index (χ4n) is 1.37.